The smallest absolute Gasteiger partial charge is 0.306 e. The Balaban J connectivity index is 4.30. The monoisotopic (exact) mass is 1170 g/mol. The van der Waals surface area contributed by atoms with Gasteiger partial charge in [0, 0.05) is 19.3 Å². The van der Waals surface area contributed by atoms with Gasteiger partial charge in [0.2, 0.25) is 0 Å². The van der Waals surface area contributed by atoms with Crippen LogP contribution in [0.25, 0.3) is 0 Å². The van der Waals surface area contributed by atoms with Gasteiger partial charge >= 0.3 is 17.9 Å². The van der Waals surface area contributed by atoms with Crippen LogP contribution in [0.1, 0.15) is 419 Å². The van der Waals surface area contributed by atoms with Crippen LogP contribution in [0.5, 0.6) is 0 Å². The Morgan fingerprint density at radius 3 is 0.675 bits per heavy atom. The Labute approximate surface area is 518 Å². The van der Waals surface area contributed by atoms with Crippen molar-refractivity contribution < 1.29 is 28.6 Å². The summed E-state index contributed by atoms with van der Waals surface area (Å²) >= 11 is 0. The Morgan fingerprint density at radius 2 is 0.434 bits per heavy atom. The van der Waals surface area contributed by atoms with Crippen LogP contribution >= 0.6 is 0 Å². The molecular formula is C77H144O6. The van der Waals surface area contributed by atoms with Crippen molar-refractivity contribution in [1.29, 1.82) is 0 Å². The molecule has 1 atom stereocenters. The predicted molar refractivity (Wildman–Crippen MR) is 362 cm³/mol. The molecule has 0 aromatic carbocycles. The Morgan fingerprint density at radius 1 is 0.241 bits per heavy atom. The average Bonchev–Trinajstić information content (AvgIpc) is 3.50. The molecule has 0 saturated carbocycles. The van der Waals surface area contributed by atoms with Crippen LogP contribution in [-0.4, -0.2) is 37.2 Å². The molecule has 0 bridgehead atoms. The second-order valence-electron chi connectivity index (χ2n) is 25.6. The zero-order chi connectivity index (χ0) is 59.9. The molecule has 6 nitrogen and oxygen atoms in total. The van der Waals surface area contributed by atoms with E-state index in [9.17, 15) is 14.4 Å². The third-order valence-corrected chi connectivity index (χ3v) is 17.1. The fraction of sp³-hybridized carbons (Fsp3) is 0.883. The van der Waals surface area contributed by atoms with Gasteiger partial charge in [-0.15, -0.1) is 0 Å². The fourth-order valence-electron chi connectivity index (χ4n) is 11.5. The van der Waals surface area contributed by atoms with Gasteiger partial charge in [-0.2, -0.15) is 0 Å². The van der Waals surface area contributed by atoms with Crippen molar-refractivity contribution in [2.45, 2.75) is 425 Å². The van der Waals surface area contributed by atoms with Crippen LogP contribution in [0.15, 0.2) is 36.5 Å². The summed E-state index contributed by atoms with van der Waals surface area (Å²) in [6, 6.07) is 0. The molecule has 0 radical (unpaired) electrons. The molecule has 0 amide bonds. The highest BCUT2D eigenvalue weighted by Gasteiger charge is 2.20. The first kappa shape index (κ1) is 80.6. The Hall–Kier alpha value is -2.37. The second kappa shape index (κ2) is 72.1. The van der Waals surface area contributed by atoms with E-state index in [1.54, 1.807) is 0 Å². The molecule has 0 aliphatic carbocycles. The third-order valence-electron chi connectivity index (χ3n) is 17.1. The maximum absolute atomic E-state index is 13.0. The highest BCUT2D eigenvalue weighted by molar-refractivity contribution is 5.71. The van der Waals surface area contributed by atoms with E-state index in [4.69, 9.17) is 14.2 Å². The summed E-state index contributed by atoms with van der Waals surface area (Å²) in [6.07, 6.45) is 90.3. The first-order chi connectivity index (χ1) is 41.0. The molecule has 0 heterocycles. The van der Waals surface area contributed by atoms with Crippen LogP contribution < -0.4 is 0 Å². The lowest BCUT2D eigenvalue weighted by Gasteiger charge is -2.18. The first-order valence-electron chi connectivity index (χ1n) is 37.5. The van der Waals surface area contributed by atoms with Gasteiger partial charge in [0.05, 0.1) is 0 Å². The van der Waals surface area contributed by atoms with E-state index in [1.165, 1.54) is 315 Å². The van der Waals surface area contributed by atoms with Gasteiger partial charge in [-0.3, -0.25) is 14.4 Å². The lowest BCUT2D eigenvalue weighted by atomic mass is 10.0. The normalized spacial score (nSPS) is 12.2. The summed E-state index contributed by atoms with van der Waals surface area (Å²) in [5, 5.41) is 0. The summed E-state index contributed by atoms with van der Waals surface area (Å²) in [4.78, 5) is 38.6. The summed E-state index contributed by atoms with van der Waals surface area (Å²) in [5.41, 5.74) is 0. The van der Waals surface area contributed by atoms with E-state index in [0.717, 1.165) is 64.2 Å². The molecule has 0 spiro atoms. The largest absolute Gasteiger partial charge is 0.462 e. The van der Waals surface area contributed by atoms with Gasteiger partial charge in [0.1, 0.15) is 13.2 Å². The number of carbonyl (C=O) groups is 3. The topological polar surface area (TPSA) is 78.9 Å². The molecule has 6 heteroatoms. The highest BCUT2D eigenvalue weighted by atomic mass is 16.6. The zero-order valence-electron chi connectivity index (χ0n) is 56.2. The Kier molecular flexibility index (Phi) is 70.0. The number of unbranched alkanes of at least 4 members (excludes halogenated alkanes) is 53. The highest BCUT2D eigenvalue weighted by Crippen LogP contribution is 2.19. The van der Waals surface area contributed by atoms with E-state index in [2.05, 4.69) is 57.2 Å². The average molecular weight is 1170 g/mol. The Bertz CT molecular complexity index is 1380. The molecule has 83 heavy (non-hydrogen) atoms. The van der Waals surface area contributed by atoms with E-state index < -0.39 is 6.10 Å². The molecule has 0 N–H and O–H groups in total. The van der Waals surface area contributed by atoms with Crippen molar-refractivity contribution in [3.8, 4) is 0 Å². The molecule has 0 aromatic rings. The predicted octanol–water partition coefficient (Wildman–Crippen LogP) is 25.9. The maximum Gasteiger partial charge on any atom is 0.306 e. The van der Waals surface area contributed by atoms with Gasteiger partial charge in [-0.25, -0.2) is 0 Å². The molecule has 0 aliphatic rings. The van der Waals surface area contributed by atoms with Gasteiger partial charge < -0.3 is 14.2 Å². The minimum Gasteiger partial charge on any atom is -0.462 e. The van der Waals surface area contributed by atoms with Gasteiger partial charge in [0.15, 0.2) is 6.10 Å². The number of hydrogen-bond donors (Lipinski definition) is 0. The SMILES string of the molecule is CCCCCCC/C=C\C/C=C\CCCCCCCCCCCCCCCC(=O)OCC(COC(=O)CCCCCCCCCCCCCCCCCCCCC)OC(=O)CCCCCCCCCCC/C=C\CCCCCCCCCC. The molecule has 0 aromatic heterocycles. The minimum absolute atomic E-state index is 0.0672. The van der Waals surface area contributed by atoms with Crippen molar-refractivity contribution in [3.63, 3.8) is 0 Å². The van der Waals surface area contributed by atoms with Crippen LogP contribution in [0.4, 0.5) is 0 Å². The number of ether oxygens (including phenoxy) is 3. The lowest BCUT2D eigenvalue weighted by Crippen LogP contribution is -2.30. The molecular weight excluding hydrogens is 1020 g/mol. The second-order valence-corrected chi connectivity index (χ2v) is 25.6. The number of esters is 3. The molecule has 0 saturated heterocycles. The van der Waals surface area contributed by atoms with Crippen molar-refractivity contribution in [2.75, 3.05) is 13.2 Å². The van der Waals surface area contributed by atoms with Gasteiger partial charge in [-0.05, 0) is 77.0 Å². The summed E-state index contributed by atoms with van der Waals surface area (Å²) in [7, 11) is 0. The minimum atomic E-state index is -0.773. The molecule has 0 fully saturated rings. The fourth-order valence-corrected chi connectivity index (χ4v) is 11.5. The number of rotatable bonds is 70. The van der Waals surface area contributed by atoms with Crippen LogP contribution in [0, 0.1) is 0 Å². The summed E-state index contributed by atoms with van der Waals surface area (Å²) in [6.45, 7) is 6.72. The molecule has 488 valence electrons. The van der Waals surface area contributed by atoms with Crippen molar-refractivity contribution in [3.05, 3.63) is 36.5 Å². The standard InChI is InChI=1S/C77H144O6/c1-4-7-10-13-16-19-22-25-28-31-34-36-37-38-39-41-43-46-49-52-55-58-61-64-67-70-76(79)82-73-74(72-81-75(78)69-66-63-60-57-54-51-48-45-42-33-30-27-24-21-18-15-12-9-6-3)83-77(80)71-68-65-62-59-56-53-50-47-44-40-35-32-29-26-23-20-17-14-11-8-5-2/h22,25,31-32,34-35,74H,4-21,23-24,26-30,33,36-73H2,1-3H3/b25-22-,34-31-,35-32-. The summed E-state index contributed by atoms with van der Waals surface area (Å²) in [5.74, 6) is -0.836. The van der Waals surface area contributed by atoms with E-state index in [0.29, 0.717) is 19.3 Å². The van der Waals surface area contributed by atoms with Crippen molar-refractivity contribution in [1.82, 2.24) is 0 Å². The lowest BCUT2D eigenvalue weighted by molar-refractivity contribution is -0.167. The number of allylic oxidation sites excluding steroid dienone is 6. The molecule has 1 unspecified atom stereocenters. The molecule has 0 rings (SSSR count). The quantitative estimate of drug-likeness (QED) is 0.0261. The van der Waals surface area contributed by atoms with Crippen LogP contribution in [0.2, 0.25) is 0 Å². The number of hydrogen-bond acceptors (Lipinski definition) is 6. The van der Waals surface area contributed by atoms with E-state index in [-0.39, 0.29) is 31.1 Å². The van der Waals surface area contributed by atoms with Crippen LogP contribution in [0.3, 0.4) is 0 Å². The third kappa shape index (κ3) is 70.3. The number of carbonyl (C=O) groups excluding carboxylic acids is 3. The first-order valence-corrected chi connectivity index (χ1v) is 37.5. The van der Waals surface area contributed by atoms with E-state index >= 15 is 0 Å². The summed E-state index contributed by atoms with van der Waals surface area (Å²) < 4.78 is 17.1. The zero-order valence-corrected chi connectivity index (χ0v) is 56.2. The van der Waals surface area contributed by atoms with E-state index in [1.807, 2.05) is 0 Å². The molecule has 0 aliphatic heterocycles. The van der Waals surface area contributed by atoms with Crippen LogP contribution in [-0.2, 0) is 28.6 Å². The van der Waals surface area contributed by atoms with Gasteiger partial charge in [-0.1, -0.05) is 359 Å². The maximum atomic E-state index is 13.0. The van der Waals surface area contributed by atoms with Gasteiger partial charge in [0.25, 0.3) is 0 Å². The van der Waals surface area contributed by atoms with Crippen molar-refractivity contribution >= 4 is 17.9 Å². The van der Waals surface area contributed by atoms with Crippen molar-refractivity contribution in [2.24, 2.45) is 0 Å².